The molecule has 0 atom stereocenters. The van der Waals surface area contributed by atoms with Crippen LogP contribution in [0.2, 0.25) is 0 Å². The Balaban J connectivity index is -0.00000000214. The Morgan fingerprint density at radius 1 is 1.60 bits per heavy atom. The minimum atomic E-state index is -1.75. The molecular formula is H6NNiO3-5. The molecule has 0 aliphatic carbocycles. The van der Waals surface area contributed by atoms with Crippen LogP contribution in [0.1, 0.15) is 8.56 Å². The van der Waals surface area contributed by atoms with E-state index in [0.717, 1.165) is 0 Å². The van der Waals surface area contributed by atoms with Gasteiger partial charge in [0.15, 0.2) is 0 Å². The monoisotopic (exact) mass is 126 g/mol. The summed E-state index contributed by atoms with van der Waals surface area (Å²) in [4.78, 5) is 8.25. The molecule has 0 aromatic carbocycles. The van der Waals surface area contributed by atoms with Gasteiger partial charge in [0.25, 0.3) is 0 Å². The van der Waals surface area contributed by atoms with Gasteiger partial charge in [0.05, 0.1) is 5.09 Å². The number of nitrogens with zero attached hydrogens (tertiary/aromatic N) is 1. The summed E-state index contributed by atoms with van der Waals surface area (Å²) in [5.41, 5.74) is 0. The molecule has 0 spiro atoms. The molecule has 0 rings (SSSR count). The standard InChI is InChI=1S/NO3.Ni.6H/c2-1(3)4;;;;;;;/q-1;+2;6*-1. The second-order valence-electron chi connectivity index (χ2n) is 0.224. The van der Waals surface area contributed by atoms with E-state index in [1.165, 1.54) is 0 Å². The zero-order valence-corrected chi connectivity index (χ0v) is 2.98. The molecule has 0 bridgehead atoms. The van der Waals surface area contributed by atoms with Gasteiger partial charge in [-0.15, -0.1) is 0 Å². The van der Waals surface area contributed by atoms with Crippen molar-refractivity contribution >= 4 is 0 Å². The van der Waals surface area contributed by atoms with Crippen molar-refractivity contribution in [2.45, 2.75) is 0 Å². The molecule has 0 unspecified atom stereocenters. The molecule has 0 aliphatic heterocycles. The molecule has 44 valence electrons. The fourth-order valence-corrected chi connectivity index (χ4v) is 0. The minimum absolute atomic E-state index is 0. The molecule has 0 saturated carbocycles. The first kappa shape index (κ1) is 8.83. The molecule has 0 aliphatic rings. The summed E-state index contributed by atoms with van der Waals surface area (Å²) in [7, 11) is 0. The number of rotatable bonds is 0. The molecule has 0 fully saturated rings. The fraction of sp³-hybridized carbons (Fsp3) is 0. The zero-order valence-electron chi connectivity index (χ0n) is 7.99. The zero-order chi connectivity index (χ0) is 3.58. The van der Waals surface area contributed by atoms with Gasteiger partial charge in [-0.25, -0.2) is 0 Å². The Bertz CT molecular complexity index is 40.8. The van der Waals surface area contributed by atoms with Gasteiger partial charge in [0, 0.05) is 0 Å². The first-order valence-electron chi connectivity index (χ1n) is 0.548. The molecule has 0 saturated heterocycles. The number of hydrogen-bond donors (Lipinski definition) is 0. The van der Waals surface area contributed by atoms with Gasteiger partial charge >= 0.3 is 16.5 Å². The first-order chi connectivity index (χ1) is 1.73. The summed E-state index contributed by atoms with van der Waals surface area (Å²) in [6, 6.07) is 0. The van der Waals surface area contributed by atoms with E-state index in [0.29, 0.717) is 0 Å². The van der Waals surface area contributed by atoms with Crippen molar-refractivity contribution in [1.82, 2.24) is 0 Å². The second-order valence-corrected chi connectivity index (χ2v) is 0.224. The van der Waals surface area contributed by atoms with Gasteiger partial charge in [-0.3, -0.25) is 0 Å². The van der Waals surface area contributed by atoms with Crippen LogP contribution < -0.4 is 0 Å². The normalized spacial score (nSPS) is 4.80. The topological polar surface area (TPSA) is 66.2 Å². The Morgan fingerprint density at radius 2 is 1.60 bits per heavy atom. The van der Waals surface area contributed by atoms with Crippen LogP contribution in [-0.2, 0) is 16.5 Å². The van der Waals surface area contributed by atoms with Gasteiger partial charge in [0.2, 0.25) is 0 Å². The summed E-state index contributed by atoms with van der Waals surface area (Å²) < 4.78 is 0. The van der Waals surface area contributed by atoms with Gasteiger partial charge in [-0.2, -0.15) is 0 Å². The van der Waals surface area contributed by atoms with Crippen molar-refractivity contribution in [3.63, 3.8) is 0 Å². The molecular weight excluding hydrogens is 121 g/mol. The van der Waals surface area contributed by atoms with Crippen LogP contribution in [0.4, 0.5) is 0 Å². The summed E-state index contributed by atoms with van der Waals surface area (Å²) in [5, 5.41) is 14.8. The van der Waals surface area contributed by atoms with Crippen molar-refractivity contribution in [2.75, 3.05) is 0 Å². The number of hydrogen-bond acceptors (Lipinski definition) is 3. The average molecular weight is 127 g/mol. The summed E-state index contributed by atoms with van der Waals surface area (Å²) in [5.74, 6) is 0. The van der Waals surface area contributed by atoms with E-state index >= 15 is 0 Å². The van der Waals surface area contributed by atoms with Crippen LogP contribution in [0.5, 0.6) is 0 Å². The summed E-state index contributed by atoms with van der Waals surface area (Å²) >= 11 is 0. The summed E-state index contributed by atoms with van der Waals surface area (Å²) in [6.07, 6.45) is 0. The van der Waals surface area contributed by atoms with Crippen LogP contribution in [0, 0.1) is 15.3 Å². The van der Waals surface area contributed by atoms with Crippen LogP contribution in [0.3, 0.4) is 0 Å². The SMILES string of the molecule is O=[N+]([O-])[O-].[H-].[H-].[H-].[H-].[H-].[H-].[Ni+2]. The van der Waals surface area contributed by atoms with Gasteiger partial charge in [-0.1, -0.05) is 0 Å². The quantitative estimate of drug-likeness (QED) is 0.269. The van der Waals surface area contributed by atoms with Crippen molar-refractivity contribution in [3.8, 4) is 0 Å². The van der Waals surface area contributed by atoms with Crippen LogP contribution in [0.25, 0.3) is 0 Å². The maximum absolute atomic E-state index is 8.25. The van der Waals surface area contributed by atoms with E-state index < -0.39 is 5.09 Å². The van der Waals surface area contributed by atoms with Crippen LogP contribution in [0.15, 0.2) is 0 Å². The maximum Gasteiger partial charge on any atom is 2.00 e. The Labute approximate surface area is 46.7 Å². The van der Waals surface area contributed by atoms with E-state index in [4.69, 9.17) is 15.3 Å². The smallest absolute Gasteiger partial charge is 1.00 e. The Hall–Kier alpha value is -0.306. The first-order valence-corrected chi connectivity index (χ1v) is 0.548. The molecule has 5 heavy (non-hydrogen) atoms. The van der Waals surface area contributed by atoms with E-state index in [9.17, 15) is 0 Å². The van der Waals surface area contributed by atoms with Crippen molar-refractivity contribution in [2.24, 2.45) is 0 Å². The van der Waals surface area contributed by atoms with Crippen LogP contribution >= 0.6 is 0 Å². The second kappa shape index (κ2) is 3.69. The molecule has 0 aromatic rings. The fourth-order valence-electron chi connectivity index (χ4n) is 0. The largest absolute Gasteiger partial charge is 2.00 e. The predicted octanol–water partition coefficient (Wildman–Crippen LogP) is 0.433. The van der Waals surface area contributed by atoms with Gasteiger partial charge in [-0.05, 0) is 0 Å². The van der Waals surface area contributed by atoms with Crippen molar-refractivity contribution in [3.05, 3.63) is 15.3 Å². The third-order valence-corrected chi connectivity index (χ3v) is 0. The Kier molecular flexibility index (Phi) is 6.52. The third kappa shape index (κ3) is 113. The maximum atomic E-state index is 8.25. The molecule has 4 nitrogen and oxygen atoms in total. The van der Waals surface area contributed by atoms with E-state index in [1.807, 2.05) is 0 Å². The van der Waals surface area contributed by atoms with Crippen molar-refractivity contribution < 1.29 is 30.1 Å². The van der Waals surface area contributed by atoms with E-state index in [1.54, 1.807) is 0 Å². The average Bonchev–Trinajstić information content (AvgIpc) is 0.811. The minimum Gasteiger partial charge on any atom is -1.00 e. The van der Waals surface area contributed by atoms with Crippen molar-refractivity contribution in [1.29, 1.82) is 0 Å². The van der Waals surface area contributed by atoms with E-state index in [2.05, 4.69) is 0 Å². The third-order valence-electron chi connectivity index (χ3n) is 0. The molecule has 0 amide bonds. The molecule has 0 heterocycles. The molecule has 0 radical (unpaired) electrons. The van der Waals surface area contributed by atoms with Crippen LogP contribution in [-0.4, -0.2) is 5.09 Å². The predicted molar refractivity (Wildman–Crippen MR) is 17.0 cm³/mol. The Morgan fingerprint density at radius 3 is 1.60 bits per heavy atom. The van der Waals surface area contributed by atoms with Gasteiger partial charge < -0.3 is 23.9 Å². The van der Waals surface area contributed by atoms with Gasteiger partial charge in [0.1, 0.15) is 0 Å². The molecule has 5 heteroatoms. The molecule has 0 aromatic heterocycles. The molecule has 0 N–H and O–H groups in total. The van der Waals surface area contributed by atoms with E-state index in [-0.39, 0.29) is 25.1 Å². The summed E-state index contributed by atoms with van der Waals surface area (Å²) in [6.45, 7) is 0.